The van der Waals surface area contributed by atoms with Crippen molar-refractivity contribution in [3.05, 3.63) is 24.3 Å². The molecule has 0 rings (SSSR count). The number of quaternary nitrogens is 2. The van der Waals surface area contributed by atoms with Gasteiger partial charge in [-0.25, -0.2) is 0 Å². The Morgan fingerprint density at radius 2 is 1.03 bits per heavy atom. The maximum absolute atomic E-state index is 11.3. The summed E-state index contributed by atoms with van der Waals surface area (Å²) in [5.41, 5.74) is 1.16. The van der Waals surface area contributed by atoms with E-state index in [1.54, 1.807) is 13.8 Å². The standard InChI is InChI=1S/C13H26N2O.C10H20N2O.2ClH/c1-6-15(7-2,8-3)11-9-10-14-13(16)12(4)5;1-9(2)10(13)11-7-6-8-12(3,4)5;;/h4,6-11H2,1-3,5H3;1,6-8H2,2-5H3;2*1H. The van der Waals surface area contributed by atoms with Gasteiger partial charge in [-0.05, 0) is 34.6 Å². The van der Waals surface area contributed by atoms with Crippen LogP contribution < -0.4 is 35.4 Å². The number of carbonyl (C=O) groups excluding carboxylic acids is 2. The molecule has 186 valence electrons. The van der Waals surface area contributed by atoms with Crippen LogP contribution in [0.4, 0.5) is 0 Å². The van der Waals surface area contributed by atoms with Crippen LogP contribution >= 0.6 is 0 Å². The molecule has 0 aliphatic carbocycles. The van der Waals surface area contributed by atoms with Gasteiger partial charge in [0.15, 0.2) is 0 Å². The van der Waals surface area contributed by atoms with Crippen molar-refractivity contribution in [1.29, 1.82) is 0 Å². The molecule has 0 spiro atoms. The van der Waals surface area contributed by atoms with E-state index in [2.05, 4.69) is 65.7 Å². The molecule has 0 fully saturated rings. The summed E-state index contributed by atoms with van der Waals surface area (Å²) in [6, 6.07) is 0. The second kappa shape index (κ2) is 19.6. The predicted molar refractivity (Wildman–Crippen MR) is 125 cm³/mol. The number of amides is 2. The lowest BCUT2D eigenvalue weighted by molar-refractivity contribution is -0.923. The lowest BCUT2D eigenvalue weighted by Crippen LogP contribution is -3.00. The van der Waals surface area contributed by atoms with Gasteiger partial charge in [0, 0.05) is 37.1 Å². The van der Waals surface area contributed by atoms with Gasteiger partial charge in [0.25, 0.3) is 0 Å². The van der Waals surface area contributed by atoms with E-state index in [-0.39, 0.29) is 36.6 Å². The molecule has 31 heavy (non-hydrogen) atoms. The van der Waals surface area contributed by atoms with Crippen LogP contribution in [0, 0.1) is 0 Å². The van der Waals surface area contributed by atoms with Gasteiger partial charge in [-0.3, -0.25) is 9.59 Å². The van der Waals surface area contributed by atoms with Crippen LogP contribution in [0.15, 0.2) is 24.3 Å². The van der Waals surface area contributed by atoms with Gasteiger partial charge < -0.3 is 44.4 Å². The Hall–Kier alpha value is -1.08. The molecule has 0 radical (unpaired) electrons. The zero-order chi connectivity index (χ0) is 23.1. The van der Waals surface area contributed by atoms with E-state index in [0.29, 0.717) is 11.1 Å². The summed E-state index contributed by atoms with van der Waals surface area (Å²) in [5, 5.41) is 5.68. The summed E-state index contributed by atoms with van der Waals surface area (Å²) in [6.45, 7) is 24.5. The summed E-state index contributed by atoms with van der Waals surface area (Å²) >= 11 is 0. The van der Waals surface area contributed by atoms with Gasteiger partial charge in [0.1, 0.15) is 0 Å². The molecule has 6 nitrogen and oxygen atoms in total. The Kier molecular flexibility index (Phi) is 23.5. The molecule has 0 atom stereocenters. The van der Waals surface area contributed by atoms with Crippen molar-refractivity contribution >= 4 is 11.8 Å². The summed E-state index contributed by atoms with van der Waals surface area (Å²) in [6.07, 6.45) is 2.04. The van der Waals surface area contributed by atoms with E-state index in [0.717, 1.165) is 48.0 Å². The third kappa shape index (κ3) is 20.6. The first-order chi connectivity index (χ1) is 13.3. The summed E-state index contributed by atoms with van der Waals surface area (Å²) in [5.74, 6) is -0.0657. The van der Waals surface area contributed by atoms with Gasteiger partial charge in [-0.1, -0.05) is 13.2 Å². The van der Waals surface area contributed by atoms with E-state index in [1.165, 1.54) is 19.6 Å². The molecule has 0 bridgehead atoms. The van der Waals surface area contributed by atoms with Crippen LogP contribution in [0.1, 0.15) is 47.5 Å². The SMILES string of the molecule is C=C(C)C(=O)NCCC[N+](C)(C)C.C=C(C)C(=O)NCCC[N+](CC)(CC)CC.[Cl-].[Cl-]. The first-order valence-corrected chi connectivity index (χ1v) is 10.9. The Bertz CT molecular complexity index is 520. The van der Waals surface area contributed by atoms with Crippen molar-refractivity contribution in [3.8, 4) is 0 Å². The molecule has 0 saturated heterocycles. The number of nitrogens with one attached hydrogen (secondary N) is 2. The van der Waals surface area contributed by atoms with Crippen LogP contribution in [0.25, 0.3) is 0 Å². The normalized spacial score (nSPS) is 10.5. The highest BCUT2D eigenvalue weighted by atomic mass is 35.5. The quantitative estimate of drug-likeness (QED) is 0.164. The van der Waals surface area contributed by atoms with Gasteiger partial charge in [0.2, 0.25) is 11.8 Å². The smallest absolute Gasteiger partial charge is 0.246 e. The molecule has 0 aliphatic heterocycles. The minimum atomic E-state index is -0.0404. The minimum absolute atomic E-state index is 0. The highest BCUT2D eigenvalue weighted by Gasteiger charge is 2.19. The van der Waals surface area contributed by atoms with Crippen molar-refractivity contribution < 1.29 is 43.4 Å². The van der Waals surface area contributed by atoms with Crippen molar-refractivity contribution in [1.82, 2.24) is 10.6 Å². The molecule has 2 N–H and O–H groups in total. The number of nitrogens with zero attached hydrogens (tertiary/aromatic N) is 2. The third-order valence-electron chi connectivity index (χ3n) is 5.17. The molecule has 0 aliphatic rings. The van der Waals surface area contributed by atoms with Crippen LogP contribution in [0.3, 0.4) is 0 Å². The average Bonchev–Trinajstić information content (AvgIpc) is 2.65. The third-order valence-corrected chi connectivity index (χ3v) is 5.17. The van der Waals surface area contributed by atoms with E-state index < -0.39 is 0 Å². The molecule has 8 heteroatoms. The number of halogens is 2. The molecular formula is C23H48Cl2N4O2. The van der Waals surface area contributed by atoms with Crippen molar-refractivity contribution in [2.75, 3.05) is 67.0 Å². The molecule has 0 aromatic carbocycles. The Morgan fingerprint density at radius 1 is 0.710 bits per heavy atom. The molecule has 0 aromatic rings. The Labute approximate surface area is 204 Å². The zero-order valence-electron chi connectivity index (χ0n) is 21.2. The van der Waals surface area contributed by atoms with Crippen molar-refractivity contribution in [2.45, 2.75) is 47.5 Å². The highest BCUT2D eigenvalue weighted by molar-refractivity contribution is 5.92. The average molecular weight is 484 g/mol. The van der Waals surface area contributed by atoms with E-state index >= 15 is 0 Å². The zero-order valence-corrected chi connectivity index (χ0v) is 22.8. The van der Waals surface area contributed by atoms with Gasteiger partial charge >= 0.3 is 0 Å². The monoisotopic (exact) mass is 482 g/mol. The molecule has 2 amide bonds. The summed E-state index contributed by atoms with van der Waals surface area (Å²) in [4.78, 5) is 22.3. The predicted octanol–water partition coefficient (Wildman–Crippen LogP) is -3.27. The van der Waals surface area contributed by atoms with Crippen LogP contribution in [-0.4, -0.2) is 87.7 Å². The lowest BCUT2D eigenvalue weighted by atomic mass is 10.2. The first kappa shape index (κ1) is 37.2. The maximum atomic E-state index is 11.3. The first-order valence-electron chi connectivity index (χ1n) is 10.9. The molecule has 0 unspecified atom stereocenters. The van der Waals surface area contributed by atoms with Gasteiger partial charge in [-0.2, -0.15) is 0 Å². The number of hydrogen-bond acceptors (Lipinski definition) is 2. The summed E-state index contributed by atoms with van der Waals surface area (Å²) < 4.78 is 2.08. The number of rotatable bonds is 13. The van der Waals surface area contributed by atoms with E-state index in [1.807, 2.05) is 0 Å². The molecular weight excluding hydrogens is 435 g/mol. The molecule has 0 heterocycles. The second-order valence-electron chi connectivity index (χ2n) is 8.81. The van der Waals surface area contributed by atoms with E-state index in [4.69, 9.17) is 0 Å². The van der Waals surface area contributed by atoms with E-state index in [9.17, 15) is 9.59 Å². The number of carbonyl (C=O) groups is 2. The van der Waals surface area contributed by atoms with Gasteiger partial charge in [0.05, 0.1) is 53.9 Å². The van der Waals surface area contributed by atoms with Crippen molar-refractivity contribution in [2.24, 2.45) is 0 Å². The van der Waals surface area contributed by atoms with Gasteiger partial charge in [-0.15, -0.1) is 0 Å². The summed E-state index contributed by atoms with van der Waals surface area (Å²) in [7, 11) is 6.42. The van der Waals surface area contributed by atoms with Crippen LogP contribution in [0.5, 0.6) is 0 Å². The number of hydrogen-bond donors (Lipinski definition) is 2. The fourth-order valence-electron chi connectivity index (χ4n) is 2.82. The topological polar surface area (TPSA) is 58.2 Å². The maximum Gasteiger partial charge on any atom is 0.246 e. The van der Waals surface area contributed by atoms with Crippen LogP contribution in [-0.2, 0) is 9.59 Å². The highest BCUT2D eigenvalue weighted by Crippen LogP contribution is 2.06. The largest absolute Gasteiger partial charge is 1.00 e. The fourth-order valence-corrected chi connectivity index (χ4v) is 2.82. The molecule has 0 aromatic heterocycles. The van der Waals surface area contributed by atoms with Crippen molar-refractivity contribution in [3.63, 3.8) is 0 Å². The lowest BCUT2D eigenvalue weighted by Gasteiger charge is -2.35. The minimum Gasteiger partial charge on any atom is -1.00 e. The Morgan fingerprint density at radius 3 is 1.29 bits per heavy atom. The van der Waals surface area contributed by atoms with Crippen LogP contribution in [0.2, 0.25) is 0 Å². The molecule has 0 saturated carbocycles. The fraction of sp³-hybridized carbons (Fsp3) is 0.739. The second-order valence-corrected chi connectivity index (χ2v) is 8.81. The Balaban J connectivity index is -0.000000225.